The van der Waals surface area contributed by atoms with Crippen molar-refractivity contribution in [1.29, 1.82) is 0 Å². The third kappa shape index (κ3) is 3.90. The molecule has 170 valence electrons. The van der Waals surface area contributed by atoms with E-state index in [4.69, 9.17) is 4.42 Å². The first-order valence-corrected chi connectivity index (χ1v) is 11.4. The Hall–Kier alpha value is -4.11. The maximum atomic E-state index is 13.1. The topological polar surface area (TPSA) is 118 Å². The molecule has 4 heterocycles. The quantitative estimate of drug-likeness (QED) is 0.351. The Morgan fingerprint density at radius 1 is 1.15 bits per heavy atom. The Morgan fingerprint density at radius 3 is 2.76 bits per heavy atom. The fourth-order valence-corrected chi connectivity index (χ4v) is 4.73. The average molecular weight is 473 g/mol. The minimum absolute atomic E-state index is 0.0780. The molecule has 4 aromatic heterocycles. The summed E-state index contributed by atoms with van der Waals surface area (Å²) < 4.78 is 6.26. The molecule has 34 heavy (non-hydrogen) atoms. The van der Waals surface area contributed by atoms with Gasteiger partial charge in [0, 0.05) is 17.8 Å². The fraction of sp³-hybridized carbons (Fsp3) is 0.160. The van der Waals surface area contributed by atoms with Gasteiger partial charge >= 0.3 is 5.97 Å². The second-order valence-electron chi connectivity index (χ2n) is 8.03. The molecule has 0 saturated heterocycles. The lowest BCUT2D eigenvalue weighted by atomic mass is 10.0. The number of rotatable bonds is 5. The highest BCUT2D eigenvalue weighted by atomic mass is 32.1. The minimum atomic E-state index is -1.13. The van der Waals surface area contributed by atoms with Crippen molar-refractivity contribution < 1.29 is 14.3 Å². The normalized spacial score (nSPS) is 12.2. The van der Waals surface area contributed by atoms with Gasteiger partial charge < -0.3 is 14.8 Å². The number of hydrogen-bond donors (Lipinski definition) is 2. The number of carboxylic acids is 1. The van der Waals surface area contributed by atoms with Crippen LogP contribution in [0.3, 0.4) is 0 Å². The summed E-state index contributed by atoms with van der Waals surface area (Å²) in [6.07, 6.45) is 1.43. The fourth-order valence-electron chi connectivity index (χ4n) is 3.95. The smallest absolute Gasteiger partial charge is 0.356 e. The van der Waals surface area contributed by atoms with Crippen LogP contribution in [-0.4, -0.2) is 26.0 Å². The SMILES string of the molecule is Cc1cc(C(C)Nc2cccnc2C(=O)O)c2oc(-c3ccc4nc(C)sc4n3)cc(=O)c2c1. The molecule has 0 bridgehead atoms. The van der Waals surface area contributed by atoms with E-state index < -0.39 is 5.97 Å². The van der Waals surface area contributed by atoms with Crippen molar-refractivity contribution in [3.63, 3.8) is 0 Å². The summed E-state index contributed by atoms with van der Waals surface area (Å²) in [7, 11) is 0. The molecule has 1 unspecified atom stereocenters. The zero-order valence-electron chi connectivity index (χ0n) is 18.6. The van der Waals surface area contributed by atoms with Gasteiger partial charge in [-0.2, -0.15) is 0 Å². The lowest BCUT2D eigenvalue weighted by molar-refractivity contribution is 0.0691. The number of carbonyl (C=O) groups is 1. The Balaban J connectivity index is 1.64. The second-order valence-corrected chi connectivity index (χ2v) is 9.21. The first kappa shape index (κ1) is 21.7. The Bertz CT molecular complexity index is 1640. The summed E-state index contributed by atoms with van der Waals surface area (Å²) in [5.74, 6) is -0.770. The molecule has 0 fully saturated rings. The van der Waals surface area contributed by atoms with Gasteiger partial charge in [-0.25, -0.2) is 19.7 Å². The molecule has 1 atom stereocenters. The molecule has 5 rings (SSSR count). The summed E-state index contributed by atoms with van der Waals surface area (Å²) in [5, 5.41) is 14.0. The summed E-state index contributed by atoms with van der Waals surface area (Å²) in [6, 6.07) is 11.8. The molecular formula is C25H20N4O4S. The van der Waals surface area contributed by atoms with Crippen LogP contribution in [0.5, 0.6) is 0 Å². The maximum absolute atomic E-state index is 13.1. The van der Waals surface area contributed by atoms with Crippen molar-refractivity contribution in [2.24, 2.45) is 0 Å². The Kier molecular flexibility index (Phi) is 5.33. The van der Waals surface area contributed by atoms with E-state index in [9.17, 15) is 14.7 Å². The average Bonchev–Trinajstić information content (AvgIpc) is 3.18. The van der Waals surface area contributed by atoms with Gasteiger partial charge in [0.05, 0.1) is 22.1 Å². The zero-order valence-corrected chi connectivity index (χ0v) is 19.4. The highest BCUT2D eigenvalue weighted by molar-refractivity contribution is 7.18. The third-order valence-corrected chi connectivity index (χ3v) is 6.35. The van der Waals surface area contributed by atoms with Gasteiger partial charge in [-0.05, 0) is 56.7 Å². The lowest BCUT2D eigenvalue weighted by Gasteiger charge is -2.19. The molecule has 2 N–H and O–H groups in total. The zero-order chi connectivity index (χ0) is 24.0. The van der Waals surface area contributed by atoms with Gasteiger partial charge in [0.2, 0.25) is 0 Å². The number of fused-ring (bicyclic) bond motifs is 2. The number of hydrogen-bond acceptors (Lipinski definition) is 8. The molecule has 0 amide bonds. The van der Waals surface area contributed by atoms with Crippen LogP contribution in [0.2, 0.25) is 0 Å². The minimum Gasteiger partial charge on any atom is -0.476 e. The van der Waals surface area contributed by atoms with Gasteiger partial charge in [-0.15, -0.1) is 0 Å². The highest BCUT2D eigenvalue weighted by Crippen LogP contribution is 2.31. The molecule has 0 aliphatic rings. The van der Waals surface area contributed by atoms with E-state index in [0.29, 0.717) is 28.1 Å². The van der Waals surface area contributed by atoms with Crippen molar-refractivity contribution in [2.75, 3.05) is 5.32 Å². The van der Waals surface area contributed by atoms with Crippen molar-refractivity contribution in [3.8, 4) is 11.5 Å². The maximum Gasteiger partial charge on any atom is 0.356 e. The van der Waals surface area contributed by atoms with E-state index in [0.717, 1.165) is 26.5 Å². The highest BCUT2D eigenvalue weighted by Gasteiger charge is 2.19. The lowest BCUT2D eigenvalue weighted by Crippen LogP contribution is -2.13. The van der Waals surface area contributed by atoms with Crippen LogP contribution in [0.4, 0.5) is 5.69 Å². The monoisotopic (exact) mass is 472 g/mol. The van der Waals surface area contributed by atoms with Crippen LogP contribution in [0.1, 0.15) is 39.6 Å². The molecule has 5 aromatic rings. The van der Waals surface area contributed by atoms with Crippen LogP contribution in [0, 0.1) is 13.8 Å². The number of aromatic carboxylic acids is 1. The number of anilines is 1. The molecule has 8 nitrogen and oxygen atoms in total. The Morgan fingerprint density at radius 2 is 1.97 bits per heavy atom. The number of thiazole rings is 1. The van der Waals surface area contributed by atoms with E-state index >= 15 is 0 Å². The summed E-state index contributed by atoms with van der Waals surface area (Å²) in [4.78, 5) is 38.4. The molecular weight excluding hydrogens is 452 g/mol. The van der Waals surface area contributed by atoms with Crippen molar-refractivity contribution >= 4 is 44.3 Å². The number of carboxylic acid groups (broad SMARTS) is 1. The van der Waals surface area contributed by atoms with Gasteiger partial charge in [0.25, 0.3) is 0 Å². The number of aryl methyl sites for hydroxylation is 2. The van der Waals surface area contributed by atoms with Crippen molar-refractivity contribution in [1.82, 2.24) is 15.0 Å². The van der Waals surface area contributed by atoms with E-state index in [2.05, 4.69) is 20.3 Å². The number of pyridine rings is 2. The number of nitrogens with zero attached hydrogens (tertiary/aromatic N) is 3. The summed E-state index contributed by atoms with van der Waals surface area (Å²) in [5.41, 5.74) is 3.51. The second kappa shape index (κ2) is 8.35. The molecule has 0 aliphatic heterocycles. The van der Waals surface area contributed by atoms with Crippen LogP contribution in [0.15, 0.2) is 57.9 Å². The van der Waals surface area contributed by atoms with Crippen molar-refractivity contribution in [3.05, 3.63) is 80.7 Å². The predicted molar refractivity (Wildman–Crippen MR) is 132 cm³/mol. The van der Waals surface area contributed by atoms with Crippen LogP contribution in [0.25, 0.3) is 32.8 Å². The van der Waals surface area contributed by atoms with Crippen molar-refractivity contribution in [2.45, 2.75) is 26.8 Å². The molecule has 1 aromatic carbocycles. The van der Waals surface area contributed by atoms with Crippen LogP contribution >= 0.6 is 11.3 Å². The summed E-state index contributed by atoms with van der Waals surface area (Å²) in [6.45, 7) is 5.70. The number of nitrogens with one attached hydrogen (secondary N) is 1. The number of aromatic nitrogens is 3. The van der Waals surface area contributed by atoms with Gasteiger partial charge in [0.15, 0.2) is 16.9 Å². The first-order valence-electron chi connectivity index (χ1n) is 10.6. The van der Waals surface area contributed by atoms with E-state index in [1.807, 2.05) is 32.9 Å². The van der Waals surface area contributed by atoms with Crippen LogP contribution in [-0.2, 0) is 0 Å². The predicted octanol–water partition coefficient (Wildman–Crippen LogP) is 5.35. The number of benzene rings is 1. The van der Waals surface area contributed by atoms with Crippen LogP contribution < -0.4 is 10.7 Å². The molecule has 0 aliphatic carbocycles. The van der Waals surface area contributed by atoms with Gasteiger partial charge in [-0.1, -0.05) is 17.4 Å². The summed E-state index contributed by atoms with van der Waals surface area (Å²) >= 11 is 1.48. The molecule has 0 spiro atoms. The van der Waals surface area contributed by atoms with E-state index in [1.165, 1.54) is 23.6 Å². The van der Waals surface area contributed by atoms with Gasteiger partial charge in [-0.3, -0.25) is 4.79 Å². The molecule has 0 radical (unpaired) electrons. The third-order valence-electron chi connectivity index (χ3n) is 5.47. The molecule has 0 saturated carbocycles. The standard InChI is InChI=1S/C25H20N4O4S/c1-12-9-15(13(2)27-18-5-4-8-26-22(18)25(31)32)23-16(10-12)20(30)11-21(33-23)17-6-7-19-24(29-17)34-14(3)28-19/h4-11,13,27H,1-3H3,(H,31,32). The first-order chi connectivity index (χ1) is 16.3. The van der Waals surface area contributed by atoms with E-state index in [1.54, 1.807) is 24.3 Å². The largest absolute Gasteiger partial charge is 0.476 e. The van der Waals surface area contributed by atoms with E-state index in [-0.39, 0.29) is 17.2 Å². The van der Waals surface area contributed by atoms with Gasteiger partial charge in [0.1, 0.15) is 21.6 Å². The Labute approximate surface area is 198 Å². The molecule has 9 heteroatoms.